The number of sulfonamides is 1. The van der Waals surface area contributed by atoms with Crippen molar-refractivity contribution in [3.63, 3.8) is 0 Å². The maximum atomic E-state index is 12.9. The Morgan fingerprint density at radius 1 is 0.909 bits per heavy atom. The summed E-state index contributed by atoms with van der Waals surface area (Å²) in [7, 11) is -1.01. The Bertz CT molecular complexity index is 1390. The van der Waals surface area contributed by atoms with Crippen LogP contribution in [0.4, 0.5) is 5.69 Å². The first-order chi connectivity index (χ1) is 15.8. The van der Waals surface area contributed by atoms with Gasteiger partial charge in [-0.2, -0.15) is 0 Å². The predicted octanol–water partition coefficient (Wildman–Crippen LogP) is 5.44. The van der Waals surface area contributed by atoms with Crippen LogP contribution in [0, 0.1) is 13.8 Å². The van der Waals surface area contributed by atoms with Gasteiger partial charge in [-0.05, 0) is 55.8 Å². The van der Waals surface area contributed by atoms with Crippen LogP contribution in [0.1, 0.15) is 11.1 Å². The molecule has 0 aliphatic heterocycles. The fourth-order valence-corrected chi connectivity index (χ4v) is 4.76. The van der Waals surface area contributed by atoms with Crippen molar-refractivity contribution in [1.29, 1.82) is 0 Å². The Hall–Kier alpha value is -3.78. The minimum atomic E-state index is -3.90. The number of rotatable bonds is 7. The van der Waals surface area contributed by atoms with Gasteiger partial charge in [0.25, 0.3) is 10.0 Å². The molecule has 0 aliphatic rings. The summed E-state index contributed by atoms with van der Waals surface area (Å²) in [6.07, 6.45) is 1.62. The van der Waals surface area contributed by atoms with Crippen LogP contribution in [0.2, 0.25) is 0 Å². The lowest BCUT2D eigenvalue weighted by Gasteiger charge is -2.13. The number of hydrogen-bond acceptors (Lipinski definition) is 6. The maximum absolute atomic E-state index is 12.9. The molecular formula is C25H24N2O5S. The Labute approximate surface area is 193 Å². The molecule has 0 radical (unpaired) electrons. The SMILES string of the molecule is COc1ccc(OC)c(S(=O)(=O)Nc2ccc(-c3nc(-c4ccc(C)cc4C)co3)cc2)c1. The number of methoxy groups -OCH3 is 2. The normalized spacial score (nSPS) is 11.3. The third-order valence-electron chi connectivity index (χ3n) is 5.21. The third-order valence-corrected chi connectivity index (χ3v) is 6.61. The molecule has 1 heterocycles. The van der Waals surface area contributed by atoms with Gasteiger partial charge in [-0.15, -0.1) is 0 Å². The predicted molar refractivity (Wildman–Crippen MR) is 127 cm³/mol. The number of aryl methyl sites for hydroxylation is 2. The number of hydrogen-bond donors (Lipinski definition) is 1. The van der Waals surface area contributed by atoms with E-state index in [0.29, 0.717) is 17.3 Å². The number of oxazole rings is 1. The van der Waals surface area contributed by atoms with E-state index in [1.165, 1.54) is 25.8 Å². The lowest BCUT2D eigenvalue weighted by molar-refractivity contribution is 0.392. The molecule has 4 rings (SSSR count). The van der Waals surface area contributed by atoms with Crippen LogP contribution in [-0.2, 0) is 10.0 Å². The minimum Gasteiger partial charge on any atom is -0.497 e. The van der Waals surface area contributed by atoms with E-state index in [-0.39, 0.29) is 10.6 Å². The molecule has 0 spiro atoms. The van der Waals surface area contributed by atoms with E-state index in [1.54, 1.807) is 42.7 Å². The van der Waals surface area contributed by atoms with Crippen molar-refractivity contribution in [1.82, 2.24) is 4.98 Å². The molecule has 1 aromatic heterocycles. The molecular weight excluding hydrogens is 440 g/mol. The van der Waals surface area contributed by atoms with E-state index >= 15 is 0 Å². The molecule has 0 atom stereocenters. The highest BCUT2D eigenvalue weighted by atomic mass is 32.2. The van der Waals surface area contributed by atoms with E-state index in [0.717, 1.165) is 22.4 Å². The van der Waals surface area contributed by atoms with Gasteiger partial charge in [-0.3, -0.25) is 4.72 Å². The zero-order chi connectivity index (χ0) is 23.6. The Kier molecular flexibility index (Phi) is 6.11. The number of aromatic nitrogens is 1. The molecule has 0 saturated carbocycles. The zero-order valence-corrected chi connectivity index (χ0v) is 19.6. The third kappa shape index (κ3) is 4.70. The summed E-state index contributed by atoms with van der Waals surface area (Å²) >= 11 is 0. The lowest BCUT2D eigenvalue weighted by atomic mass is 10.0. The summed E-state index contributed by atoms with van der Waals surface area (Å²) in [5.74, 6) is 1.09. The molecule has 3 aromatic carbocycles. The van der Waals surface area contributed by atoms with Gasteiger partial charge in [0.2, 0.25) is 5.89 Å². The number of nitrogens with zero attached hydrogens (tertiary/aromatic N) is 1. The molecule has 0 saturated heterocycles. The smallest absolute Gasteiger partial charge is 0.265 e. The highest BCUT2D eigenvalue weighted by molar-refractivity contribution is 7.92. The summed E-state index contributed by atoms with van der Waals surface area (Å²) in [4.78, 5) is 4.58. The van der Waals surface area contributed by atoms with Crippen molar-refractivity contribution in [2.24, 2.45) is 0 Å². The van der Waals surface area contributed by atoms with E-state index < -0.39 is 10.0 Å². The maximum Gasteiger partial charge on any atom is 0.265 e. The quantitative estimate of drug-likeness (QED) is 0.391. The zero-order valence-electron chi connectivity index (χ0n) is 18.7. The van der Waals surface area contributed by atoms with E-state index in [4.69, 9.17) is 13.9 Å². The molecule has 4 aromatic rings. The van der Waals surface area contributed by atoms with Crippen molar-refractivity contribution >= 4 is 15.7 Å². The Morgan fingerprint density at radius 2 is 1.67 bits per heavy atom. The molecule has 1 N–H and O–H groups in total. The van der Waals surface area contributed by atoms with Gasteiger partial charge in [0, 0.05) is 22.9 Å². The van der Waals surface area contributed by atoms with Crippen molar-refractivity contribution in [3.8, 4) is 34.2 Å². The number of ether oxygens (including phenoxy) is 2. The Morgan fingerprint density at radius 3 is 2.33 bits per heavy atom. The van der Waals surface area contributed by atoms with Gasteiger partial charge >= 0.3 is 0 Å². The monoisotopic (exact) mass is 464 g/mol. The average Bonchev–Trinajstić information content (AvgIpc) is 3.28. The summed E-state index contributed by atoms with van der Waals surface area (Å²) in [5.41, 5.74) is 5.18. The van der Waals surface area contributed by atoms with Gasteiger partial charge in [0.1, 0.15) is 28.4 Å². The fourth-order valence-electron chi connectivity index (χ4n) is 3.52. The highest BCUT2D eigenvalue weighted by Gasteiger charge is 2.21. The molecule has 33 heavy (non-hydrogen) atoms. The number of benzene rings is 3. The van der Waals surface area contributed by atoms with Gasteiger partial charge in [0.15, 0.2) is 0 Å². The first-order valence-corrected chi connectivity index (χ1v) is 11.7. The van der Waals surface area contributed by atoms with Gasteiger partial charge in [0.05, 0.1) is 14.2 Å². The topological polar surface area (TPSA) is 90.7 Å². The minimum absolute atomic E-state index is 0.0146. The van der Waals surface area contributed by atoms with E-state index in [1.807, 2.05) is 26.0 Å². The fraction of sp³-hybridized carbons (Fsp3) is 0.160. The van der Waals surface area contributed by atoms with Crippen molar-refractivity contribution in [2.45, 2.75) is 18.7 Å². The van der Waals surface area contributed by atoms with Crippen LogP contribution in [-0.4, -0.2) is 27.6 Å². The van der Waals surface area contributed by atoms with Crippen LogP contribution in [0.3, 0.4) is 0 Å². The summed E-state index contributed by atoms with van der Waals surface area (Å²) in [6.45, 7) is 4.08. The highest BCUT2D eigenvalue weighted by Crippen LogP contribution is 2.31. The van der Waals surface area contributed by atoms with Gasteiger partial charge < -0.3 is 13.9 Å². The second-order valence-electron chi connectivity index (χ2n) is 7.56. The van der Waals surface area contributed by atoms with Crippen LogP contribution < -0.4 is 14.2 Å². The van der Waals surface area contributed by atoms with Crippen LogP contribution in [0.5, 0.6) is 11.5 Å². The average molecular weight is 465 g/mol. The molecule has 8 heteroatoms. The van der Waals surface area contributed by atoms with Crippen LogP contribution >= 0.6 is 0 Å². The van der Waals surface area contributed by atoms with E-state index in [2.05, 4.69) is 15.8 Å². The molecule has 0 unspecified atom stereocenters. The second kappa shape index (κ2) is 8.99. The second-order valence-corrected chi connectivity index (χ2v) is 9.21. The Balaban J connectivity index is 1.57. The molecule has 0 aliphatic carbocycles. The molecule has 0 amide bonds. The van der Waals surface area contributed by atoms with Gasteiger partial charge in [-0.25, -0.2) is 13.4 Å². The summed E-state index contributed by atoms with van der Waals surface area (Å²) in [5, 5.41) is 0. The first-order valence-electron chi connectivity index (χ1n) is 10.2. The number of nitrogens with one attached hydrogen (secondary N) is 1. The molecule has 0 bridgehead atoms. The summed E-state index contributed by atoms with van der Waals surface area (Å²) in [6, 6.07) is 17.6. The van der Waals surface area contributed by atoms with Crippen molar-refractivity contribution in [3.05, 3.63) is 78.1 Å². The van der Waals surface area contributed by atoms with Crippen molar-refractivity contribution < 1.29 is 22.3 Å². The summed E-state index contributed by atoms with van der Waals surface area (Å²) < 4.78 is 44.5. The van der Waals surface area contributed by atoms with Gasteiger partial charge in [-0.1, -0.05) is 23.8 Å². The lowest BCUT2D eigenvalue weighted by Crippen LogP contribution is -2.14. The molecule has 0 fully saturated rings. The number of anilines is 1. The molecule has 170 valence electrons. The van der Waals surface area contributed by atoms with Crippen LogP contribution in [0.15, 0.2) is 76.2 Å². The standard InChI is InChI=1S/C25H24N2O5S/c1-16-5-11-21(17(2)13-16)22-15-32-25(26-22)18-6-8-19(9-7-18)27-33(28,29)24-14-20(30-3)10-12-23(24)31-4/h5-15,27H,1-4H3. The first kappa shape index (κ1) is 22.4. The molecule has 7 nitrogen and oxygen atoms in total. The van der Waals surface area contributed by atoms with Crippen LogP contribution in [0.25, 0.3) is 22.7 Å². The van der Waals surface area contributed by atoms with Crippen molar-refractivity contribution in [2.75, 3.05) is 18.9 Å². The van der Waals surface area contributed by atoms with E-state index in [9.17, 15) is 8.42 Å². The largest absolute Gasteiger partial charge is 0.497 e.